The number of rotatable bonds is 5. The van der Waals surface area contributed by atoms with Crippen molar-refractivity contribution >= 4 is 39.3 Å². The SMILES string of the molecule is CCCc1cc(NS(=O)c2c[nH]c3cc(Cl)ccc23)nn1C. The summed E-state index contributed by atoms with van der Waals surface area (Å²) in [6, 6.07) is 7.41. The van der Waals surface area contributed by atoms with Gasteiger partial charge >= 0.3 is 0 Å². The number of halogens is 1. The Morgan fingerprint density at radius 3 is 3.00 bits per heavy atom. The Labute approximate surface area is 136 Å². The van der Waals surface area contributed by atoms with E-state index in [-0.39, 0.29) is 0 Å². The first-order valence-electron chi connectivity index (χ1n) is 7.06. The van der Waals surface area contributed by atoms with Crippen LogP contribution in [0.15, 0.2) is 35.4 Å². The van der Waals surface area contributed by atoms with Crippen molar-refractivity contribution in [2.24, 2.45) is 7.05 Å². The molecular formula is C15H17ClN4OS. The van der Waals surface area contributed by atoms with Crippen LogP contribution < -0.4 is 4.72 Å². The summed E-state index contributed by atoms with van der Waals surface area (Å²) in [6.07, 6.45) is 3.73. The fourth-order valence-electron chi connectivity index (χ4n) is 2.42. The fourth-order valence-corrected chi connectivity index (χ4v) is 3.54. The number of nitrogens with one attached hydrogen (secondary N) is 2. The molecule has 3 rings (SSSR count). The second kappa shape index (κ2) is 6.14. The Hall–Kier alpha value is -1.79. The maximum Gasteiger partial charge on any atom is 0.160 e. The average molecular weight is 337 g/mol. The van der Waals surface area contributed by atoms with Crippen molar-refractivity contribution < 1.29 is 4.21 Å². The Morgan fingerprint density at radius 2 is 2.23 bits per heavy atom. The van der Waals surface area contributed by atoms with Crippen LogP contribution in [0.1, 0.15) is 19.0 Å². The van der Waals surface area contributed by atoms with Gasteiger partial charge < -0.3 is 4.98 Å². The number of fused-ring (bicyclic) bond motifs is 1. The predicted molar refractivity (Wildman–Crippen MR) is 90.5 cm³/mol. The van der Waals surface area contributed by atoms with Gasteiger partial charge in [0.1, 0.15) is 0 Å². The number of aryl methyl sites for hydroxylation is 2. The van der Waals surface area contributed by atoms with Gasteiger partial charge in [0.05, 0.1) is 4.90 Å². The van der Waals surface area contributed by atoms with Crippen LogP contribution >= 0.6 is 11.6 Å². The molecule has 0 bridgehead atoms. The lowest BCUT2D eigenvalue weighted by molar-refractivity contribution is 0.685. The van der Waals surface area contributed by atoms with Gasteiger partial charge in [-0.25, -0.2) is 4.21 Å². The lowest BCUT2D eigenvalue weighted by Crippen LogP contribution is -2.05. The van der Waals surface area contributed by atoms with Gasteiger partial charge in [0.15, 0.2) is 16.8 Å². The highest BCUT2D eigenvalue weighted by Crippen LogP contribution is 2.25. The van der Waals surface area contributed by atoms with Gasteiger partial charge in [-0.1, -0.05) is 31.0 Å². The van der Waals surface area contributed by atoms with E-state index in [1.165, 1.54) is 0 Å². The molecule has 1 aromatic carbocycles. The summed E-state index contributed by atoms with van der Waals surface area (Å²) in [5.74, 6) is 0.618. The number of aromatic amines is 1. The van der Waals surface area contributed by atoms with E-state index >= 15 is 0 Å². The molecule has 5 nitrogen and oxygen atoms in total. The normalized spacial score (nSPS) is 12.7. The topological polar surface area (TPSA) is 62.7 Å². The third-order valence-electron chi connectivity index (χ3n) is 3.49. The van der Waals surface area contributed by atoms with Crippen LogP contribution in [0.3, 0.4) is 0 Å². The summed E-state index contributed by atoms with van der Waals surface area (Å²) in [5, 5.41) is 5.89. The lowest BCUT2D eigenvalue weighted by atomic mass is 10.2. The van der Waals surface area contributed by atoms with E-state index in [4.69, 9.17) is 11.6 Å². The quantitative estimate of drug-likeness (QED) is 0.747. The van der Waals surface area contributed by atoms with Gasteiger partial charge in [-0.15, -0.1) is 0 Å². The molecule has 0 aliphatic rings. The standard InChI is InChI=1S/C15H17ClN4OS/c1-3-4-11-8-15(18-20(11)2)19-22(21)14-9-17-13-7-10(16)5-6-12(13)14/h5-9,17H,3-4H2,1-2H3,(H,18,19). The number of hydrogen-bond donors (Lipinski definition) is 2. The lowest BCUT2D eigenvalue weighted by Gasteiger charge is -2.01. The van der Waals surface area contributed by atoms with Crippen LogP contribution in [0.5, 0.6) is 0 Å². The van der Waals surface area contributed by atoms with Crippen LogP contribution in [0.4, 0.5) is 5.82 Å². The molecule has 0 aliphatic carbocycles. The Kier molecular flexibility index (Phi) is 4.22. The largest absolute Gasteiger partial charge is 0.360 e. The van der Waals surface area contributed by atoms with Gasteiger partial charge in [0.25, 0.3) is 0 Å². The molecule has 0 spiro atoms. The van der Waals surface area contributed by atoms with Crippen molar-refractivity contribution in [1.29, 1.82) is 0 Å². The zero-order valence-electron chi connectivity index (χ0n) is 12.4. The summed E-state index contributed by atoms with van der Waals surface area (Å²) >= 11 is 5.96. The molecule has 1 atom stereocenters. The molecule has 116 valence electrons. The number of benzene rings is 1. The highest BCUT2D eigenvalue weighted by atomic mass is 35.5. The van der Waals surface area contributed by atoms with Crippen molar-refractivity contribution in [2.45, 2.75) is 24.7 Å². The van der Waals surface area contributed by atoms with Crippen molar-refractivity contribution in [2.75, 3.05) is 4.72 Å². The molecular weight excluding hydrogens is 320 g/mol. The minimum atomic E-state index is -1.38. The minimum absolute atomic E-state index is 0.618. The molecule has 0 saturated heterocycles. The second-order valence-electron chi connectivity index (χ2n) is 5.11. The van der Waals surface area contributed by atoms with E-state index in [1.807, 2.05) is 29.9 Å². The molecule has 0 radical (unpaired) electrons. The molecule has 2 N–H and O–H groups in total. The first-order chi connectivity index (χ1) is 10.6. The van der Waals surface area contributed by atoms with Crippen LogP contribution in [-0.2, 0) is 24.5 Å². The minimum Gasteiger partial charge on any atom is -0.360 e. The number of aromatic nitrogens is 3. The summed E-state index contributed by atoms with van der Waals surface area (Å²) in [7, 11) is 0.512. The number of nitrogens with zero attached hydrogens (tertiary/aromatic N) is 2. The molecule has 0 aliphatic heterocycles. The van der Waals surface area contributed by atoms with E-state index in [0.717, 1.165) is 29.4 Å². The third kappa shape index (κ3) is 2.89. The highest BCUT2D eigenvalue weighted by Gasteiger charge is 2.13. The molecule has 7 heteroatoms. The van der Waals surface area contributed by atoms with Crippen LogP contribution in [0, 0.1) is 0 Å². The first kappa shape index (κ1) is 15.1. The van der Waals surface area contributed by atoms with Gasteiger partial charge in [0.2, 0.25) is 0 Å². The fraction of sp³-hybridized carbons (Fsp3) is 0.267. The monoisotopic (exact) mass is 336 g/mol. The molecule has 0 saturated carbocycles. The Balaban J connectivity index is 1.85. The number of hydrogen-bond acceptors (Lipinski definition) is 2. The molecule has 0 fully saturated rings. The third-order valence-corrected chi connectivity index (χ3v) is 4.85. The van der Waals surface area contributed by atoms with Gasteiger partial charge in [0, 0.05) is 40.9 Å². The van der Waals surface area contributed by atoms with Crippen LogP contribution in [0.2, 0.25) is 5.02 Å². The van der Waals surface area contributed by atoms with E-state index < -0.39 is 11.0 Å². The summed E-state index contributed by atoms with van der Waals surface area (Å²) in [5.41, 5.74) is 1.98. The van der Waals surface area contributed by atoms with Crippen LogP contribution in [-0.4, -0.2) is 19.0 Å². The smallest absolute Gasteiger partial charge is 0.160 e. The maximum atomic E-state index is 12.6. The zero-order valence-corrected chi connectivity index (χ0v) is 14.0. The molecule has 22 heavy (non-hydrogen) atoms. The van der Waals surface area contributed by atoms with Gasteiger partial charge in [-0.2, -0.15) is 5.10 Å². The summed E-state index contributed by atoms with van der Waals surface area (Å²) in [6.45, 7) is 2.12. The van der Waals surface area contributed by atoms with Crippen molar-refractivity contribution in [3.8, 4) is 0 Å². The van der Waals surface area contributed by atoms with Crippen LogP contribution in [0.25, 0.3) is 10.9 Å². The molecule has 0 amide bonds. The average Bonchev–Trinajstić information content (AvgIpc) is 3.03. The predicted octanol–water partition coefficient (Wildman–Crippen LogP) is 3.64. The molecule has 2 aromatic heterocycles. The van der Waals surface area contributed by atoms with E-state index in [1.54, 1.807) is 12.3 Å². The summed E-state index contributed by atoms with van der Waals surface area (Å²) in [4.78, 5) is 3.78. The summed E-state index contributed by atoms with van der Waals surface area (Å²) < 4.78 is 17.3. The van der Waals surface area contributed by atoms with Gasteiger partial charge in [-0.3, -0.25) is 9.40 Å². The van der Waals surface area contributed by atoms with Crippen molar-refractivity contribution in [3.05, 3.63) is 41.2 Å². The number of H-pyrrole nitrogens is 1. The van der Waals surface area contributed by atoms with Crippen molar-refractivity contribution in [3.63, 3.8) is 0 Å². The molecule has 3 aromatic rings. The van der Waals surface area contributed by atoms with Gasteiger partial charge in [-0.05, 0) is 18.6 Å². The molecule has 2 heterocycles. The number of anilines is 1. The van der Waals surface area contributed by atoms with E-state index in [9.17, 15) is 4.21 Å². The highest BCUT2D eigenvalue weighted by molar-refractivity contribution is 7.86. The van der Waals surface area contributed by atoms with Crippen molar-refractivity contribution in [1.82, 2.24) is 14.8 Å². The Bertz CT molecular complexity index is 839. The first-order valence-corrected chi connectivity index (χ1v) is 8.59. The second-order valence-corrected chi connectivity index (χ2v) is 6.73. The molecule has 1 unspecified atom stereocenters. The zero-order chi connectivity index (χ0) is 15.7. The van der Waals surface area contributed by atoms with E-state index in [2.05, 4.69) is 21.7 Å². The Morgan fingerprint density at radius 1 is 1.41 bits per heavy atom. The van der Waals surface area contributed by atoms with E-state index in [0.29, 0.717) is 15.7 Å². The maximum absolute atomic E-state index is 12.6.